The Kier molecular flexibility index (Phi) is 6.46. The quantitative estimate of drug-likeness (QED) is 0.620. The van der Waals surface area contributed by atoms with E-state index in [0.29, 0.717) is 34.2 Å². The Morgan fingerprint density at radius 2 is 2.00 bits per heavy atom. The number of fused-ring (bicyclic) bond motifs is 1. The van der Waals surface area contributed by atoms with E-state index in [1.54, 1.807) is 12.1 Å². The third-order valence-electron chi connectivity index (χ3n) is 4.07. The van der Waals surface area contributed by atoms with Crippen molar-refractivity contribution in [2.75, 3.05) is 18.4 Å². The first-order valence-corrected chi connectivity index (χ1v) is 9.52. The summed E-state index contributed by atoms with van der Waals surface area (Å²) in [5, 5.41) is 3.65. The third kappa shape index (κ3) is 4.90. The molecule has 0 radical (unpaired) electrons. The van der Waals surface area contributed by atoms with Crippen LogP contribution in [0.15, 0.2) is 41.6 Å². The molecule has 0 aliphatic heterocycles. The molecule has 0 aliphatic rings. The van der Waals surface area contributed by atoms with Crippen LogP contribution in [-0.2, 0) is 4.79 Å². The maximum atomic E-state index is 12.9. The zero-order valence-corrected chi connectivity index (χ0v) is 16.9. The average molecular weight is 434 g/mol. The molecule has 3 aromatic rings. The molecule has 2 heterocycles. The Balaban J connectivity index is 1.79. The van der Waals surface area contributed by atoms with Crippen LogP contribution in [0.5, 0.6) is 0 Å². The molecule has 1 aromatic carbocycles. The van der Waals surface area contributed by atoms with Crippen molar-refractivity contribution in [1.29, 1.82) is 0 Å². The largest absolute Gasteiger partial charge is 0.328 e. The van der Waals surface area contributed by atoms with E-state index in [-0.39, 0.29) is 23.2 Å². The molecule has 150 valence electrons. The highest BCUT2D eigenvalue weighted by atomic mass is 35.5. The number of aromatic nitrogens is 3. The van der Waals surface area contributed by atoms with Crippen molar-refractivity contribution in [3.63, 3.8) is 0 Å². The van der Waals surface area contributed by atoms with Gasteiger partial charge in [-0.2, -0.15) is 0 Å². The Morgan fingerprint density at radius 3 is 2.72 bits per heavy atom. The molecule has 0 spiro atoms. The second-order valence-corrected chi connectivity index (χ2v) is 7.06. The molecule has 2 aromatic heterocycles. The van der Waals surface area contributed by atoms with Crippen LogP contribution in [0.2, 0.25) is 10.0 Å². The van der Waals surface area contributed by atoms with Crippen LogP contribution in [-0.4, -0.2) is 44.8 Å². The topological polar surface area (TPSA) is 108 Å². The lowest BCUT2D eigenvalue weighted by molar-refractivity contribution is -0.116. The molecule has 2 amide bonds. The smallest absolute Gasteiger partial charge is 0.272 e. The molecule has 0 fully saturated rings. The van der Waals surface area contributed by atoms with Gasteiger partial charge in [0.25, 0.3) is 11.5 Å². The summed E-state index contributed by atoms with van der Waals surface area (Å²) < 4.78 is 0. The van der Waals surface area contributed by atoms with Gasteiger partial charge in [-0.3, -0.25) is 14.4 Å². The normalized spacial score (nSPS) is 10.7. The van der Waals surface area contributed by atoms with E-state index >= 15 is 0 Å². The molecule has 8 nitrogen and oxygen atoms in total. The van der Waals surface area contributed by atoms with Crippen LogP contribution in [0.4, 0.5) is 5.69 Å². The fraction of sp³-hybridized carbons (Fsp3) is 0.211. The van der Waals surface area contributed by atoms with Crippen molar-refractivity contribution in [3.05, 3.63) is 62.9 Å². The fourth-order valence-corrected chi connectivity index (χ4v) is 3.18. The Hall–Kier alpha value is -2.97. The van der Waals surface area contributed by atoms with Gasteiger partial charge < -0.3 is 15.2 Å². The summed E-state index contributed by atoms with van der Waals surface area (Å²) in [5.74, 6) is -0.884. The lowest BCUT2D eigenvalue weighted by Crippen LogP contribution is -2.39. The number of rotatable bonds is 6. The van der Waals surface area contributed by atoms with E-state index < -0.39 is 11.8 Å². The van der Waals surface area contributed by atoms with Crippen molar-refractivity contribution in [3.8, 4) is 0 Å². The maximum Gasteiger partial charge on any atom is 0.272 e. The van der Waals surface area contributed by atoms with Crippen molar-refractivity contribution in [1.82, 2.24) is 19.9 Å². The van der Waals surface area contributed by atoms with Gasteiger partial charge in [0.15, 0.2) is 0 Å². The zero-order valence-electron chi connectivity index (χ0n) is 15.4. The van der Waals surface area contributed by atoms with E-state index in [2.05, 4.69) is 20.3 Å². The number of carbonyl (C=O) groups is 2. The van der Waals surface area contributed by atoms with E-state index in [1.165, 1.54) is 29.6 Å². The summed E-state index contributed by atoms with van der Waals surface area (Å²) >= 11 is 11.9. The number of amides is 2. The number of halogens is 2. The van der Waals surface area contributed by atoms with Crippen molar-refractivity contribution in [2.24, 2.45) is 0 Å². The third-order valence-corrected chi connectivity index (χ3v) is 4.61. The maximum absolute atomic E-state index is 12.9. The van der Waals surface area contributed by atoms with Crippen LogP contribution in [0.3, 0.4) is 0 Å². The number of hydrogen-bond donors (Lipinski definition) is 2. The summed E-state index contributed by atoms with van der Waals surface area (Å²) in [5.41, 5.74) is 0.458. The van der Waals surface area contributed by atoms with Crippen LogP contribution in [0.1, 0.15) is 23.8 Å². The first kappa shape index (κ1) is 20.8. The molecule has 0 unspecified atom stereocenters. The van der Waals surface area contributed by atoms with E-state index in [4.69, 9.17) is 23.2 Å². The van der Waals surface area contributed by atoms with Gasteiger partial charge in [0.05, 0.1) is 34.1 Å². The van der Waals surface area contributed by atoms with Crippen molar-refractivity contribution < 1.29 is 9.59 Å². The highest BCUT2D eigenvalue weighted by Crippen LogP contribution is 2.25. The predicted octanol–water partition coefficient (Wildman–Crippen LogP) is 3.12. The second-order valence-electron chi connectivity index (χ2n) is 6.22. The minimum atomic E-state index is -0.464. The second kappa shape index (κ2) is 9.02. The minimum absolute atomic E-state index is 0.0572. The fourth-order valence-electron chi connectivity index (χ4n) is 2.73. The minimum Gasteiger partial charge on any atom is -0.328 e. The first-order chi connectivity index (χ1) is 13.9. The standard InChI is InChI=1S/C19H17Cl2N5O3/c1-2-5-26(9-17(27)25-14-4-3-11(20)6-13(14)21)19(29)15-7-12-16(8-22-15)23-10-24-18(12)28/h3-4,6-8,10H,2,5,9H2,1H3,(H,25,27)(H,23,24,28). The van der Waals surface area contributed by atoms with Gasteiger partial charge in [-0.05, 0) is 30.7 Å². The molecule has 0 saturated heterocycles. The lowest BCUT2D eigenvalue weighted by atomic mass is 10.2. The molecule has 29 heavy (non-hydrogen) atoms. The van der Waals surface area contributed by atoms with Crippen LogP contribution < -0.4 is 10.9 Å². The Morgan fingerprint density at radius 1 is 1.21 bits per heavy atom. The zero-order chi connectivity index (χ0) is 21.0. The molecule has 0 atom stereocenters. The summed E-state index contributed by atoms with van der Waals surface area (Å²) in [7, 11) is 0. The van der Waals surface area contributed by atoms with Crippen LogP contribution in [0, 0.1) is 0 Å². The molecule has 10 heteroatoms. The number of pyridine rings is 1. The number of aromatic amines is 1. The first-order valence-electron chi connectivity index (χ1n) is 8.76. The number of nitrogens with zero attached hydrogens (tertiary/aromatic N) is 3. The number of benzene rings is 1. The number of anilines is 1. The summed E-state index contributed by atoms with van der Waals surface area (Å²) in [6.07, 6.45) is 3.26. The van der Waals surface area contributed by atoms with Gasteiger partial charge in [-0.25, -0.2) is 9.97 Å². The van der Waals surface area contributed by atoms with E-state index in [0.717, 1.165) is 0 Å². The van der Waals surface area contributed by atoms with Crippen LogP contribution >= 0.6 is 23.2 Å². The summed E-state index contributed by atoms with van der Waals surface area (Å²) in [6, 6.07) is 6.07. The van der Waals surface area contributed by atoms with E-state index in [1.807, 2.05) is 6.92 Å². The van der Waals surface area contributed by atoms with Gasteiger partial charge in [-0.1, -0.05) is 30.1 Å². The lowest BCUT2D eigenvalue weighted by Gasteiger charge is -2.21. The summed E-state index contributed by atoms with van der Waals surface area (Å²) in [6.45, 7) is 2.02. The monoisotopic (exact) mass is 433 g/mol. The molecule has 2 N–H and O–H groups in total. The SMILES string of the molecule is CCCN(CC(=O)Nc1ccc(Cl)cc1Cl)C(=O)c1cc2c(=O)[nH]cnc2cn1. The van der Waals surface area contributed by atoms with Gasteiger partial charge in [0.2, 0.25) is 5.91 Å². The predicted molar refractivity (Wildman–Crippen MR) is 111 cm³/mol. The molecular formula is C19H17Cl2N5O3. The van der Waals surface area contributed by atoms with Gasteiger partial charge in [-0.15, -0.1) is 0 Å². The molecule has 3 rings (SSSR count). The number of nitrogens with one attached hydrogen (secondary N) is 2. The molecule has 0 aliphatic carbocycles. The molecule has 0 bridgehead atoms. The Bertz CT molecular complexity index is 1130. The van der Waals surface area contributed by atoms with Gasteiger partial charge >= 0.3 is 0 Å². The average Bonchev–Trinajstić information content (AvgIpc) is 2.69. The number of carbonyl (C=O) groups excluding carboxylic acids is 2. The number of H-pyrrole nitrogens is 1. The molecular weight excluding hydrogens is 417 g/mol. The summed E-state index contributed by atoms with van der Waals surface area (Å²) in [4.78, 5) is 49.2. The number of hydrogen-bond acceptors (Lipinski definition) is 5. The van der Waals surface area contributed by atoms with Crippen LogP contribution in [0.25, 0.3) is 10.9 Å². The van der Waals surface area contributed by atoms with E-state index in [9.17, 15) is 14.4 Å². The van der Waals surface area contributed by atoms with Crippen molar-refractivity contribution >= 4 is 51.6 Å². The molecule has 0 saturated carbocycles. The van der Waals surface area contributed by atoms with Gasteiger partial charge in [0.1, 0.15) is 12.2 Å². The van der Waals surface area contributed by atoms with Crippen molar-refractivity contribution in [2.45, 2.75) is 13.3 Å². The van der Waals surface area contributed by atoms with Gasteiger partial charge in [0, 0.05) is 11.6 Å². The Labute approximate surface area is 175 Å². The highest BCUT2D eigenvalue weighted by Gasteiger charge is 2.20. The highest BCUT2D eigenvalue weighted by molar-refractivity contribution is 6.36.